The van der Waals surface area contributed by atoms with Crippen molar-refractivity contribution < 1.29 is 19.8 Å². The Morgan fingerprint density at radius 1 is 1.58 bits per heavy atom. The van der Waals surface area contributed by atoms with Crippen molar-refractivity contribution in [2.75, 3.05) is 13.1 Å². The maximum atomic E-state index is 11.7. The monoisotopic (exact) mass is 285 g/mol. The summed E-state index contributed by atoms with van der Waals surface area (Å²) in [7, 11) is 0. The van der Waals surface area contributed by atoms with Crippen LogP contribution in [0.5, 0.6) is 0 Å². The fourth-order valence-corrected chi connectivity index (χ4v) is 2.63. The van der Waals surface area contributed by atoms with Crippen LogP contribution in [0, 0.1) is 0 Å². The van der Waals surface area contributed by atoms with Crippen LogP contribution in [0.3, 0.4) is 0 Å². The van der Waals surface area contributed by atoms with Crippen molar-refractivity contribution >= 4 is 23.2 Å². The van der Waals surface area contributed by atoms with E-state index in [1.807, 2.05) is 0 Å². The Labute approximate surface area is 113 Å². The highest BCUT2D eigenvalue weighted by molar-refractivity contribution is 7.09. The molecule has 1 fully saturated rings. The van der Waals surface area contributed by atoms with Crippen molar-refractivity contribution in [3.05, 3.63) is 16.1 Å². The van der Waals surface area contributed by atoms with Gasteiger partial charge >= 0.3 is 5.97 Å². The standard InChI is InChI=1S/C11H15N3O4S/c15-6-3-7(13-4-6)10(16)12-2-1-9-14-8(5-19-9)11(17)18/h5-7,13,15H,1-4H2,(H,12,16)(H,17,18). The van der Waals surface area contributed by atoms with Gasteiger partial charge in [0, 0.05) is 24.9 Å². The minimum atomic E-state index is -1.05. The molecule has 1 aliphatic heterocycles. The summed E-state index contributed by atoms with van der Waals surface area (Å²) in [5, 5.41) is 25.8. The molecule has 0 aromatic carbocycles. The molecular formula is C11H15N3O4S. The lowest BCUT2D eigenvalue weighted by molar-refractivity contribution is -0.122. The Hall–Kier alpha value is -1.51. The van der Waals surface area contributed by atoms with Gasteiger partial charge in [0.1, 0.15) is 0 Å². The van der Waals surface area contributed by atoms with E-state index in [0.717, 1.165) is 0 Å². The average Bonchev–Trinajstić information content (AvgIpc) is 2.98. The van der Waals surface area contributed by atoms with Gasteiger partial charge in [-0.15, -0.1) is 11.3 Å². The highest BCUT2D eigenvalue weighted by atomic mass is 32.1. The summed E-state index contributed by atoms with van der Waals surface area (Å²) in [6.07, 6.45) is 0.457. The molecule has 8 heteroatoms. The van der Waals surface area contributed by atoms with Gasteiger partial charge in [-0.05, 0) is 6.42 Å². The lowest BCUT2D eigenvalue weighted by Crippen LogP contribution is -2.41. The van der Waals surface area contributed by atoms with Crippen LogP contribution in [0.2, 0.25) is 0 Å². The second kappa shape index (κ2) is 6.09. The molecule has 19 heavy (non-hydrogen) atoms. The number of aliphatic hydroxyl groups excluding tert-OH is 1. The first-order valence-corrected chi connectivity index (χ1v) is 6.81. The van der Waals surface area contributed by atoms with Gasteiger partial charge in [-0.25, -0.2) is 9.78 Å². The van der Waals surface area contributed by atoms with Crippen molar-refractivity contribution in [3.8, 4) is 0 Å². The number of carboxylic acid groups (broad SMARTS) is 1. The van der Waals surface area contributed by atoms with Gasteiger partial charge in [0.2, 0.25) is 5.91 Å². The maximum absolute atomic E-state index is 11.7. The van der Waals surface area contributed by atoms with Gasteiger partial charge in [0.25, 0.3) is 0 Å². The molecular weight excluding hydrogens is 270 g/mol. The Bertz CT molecular complexity index is 476. The Morgan fingerprint density at radius 3 is 2.95 bits per heavy atom. The average molecular weight is 285 g/mol. The molecule has 1 aromatic heterocycles. The van der Waals surface area contributed by atoms with Crippen molar-refractivity contribution in [2.24, 2.45) is 0 Å². The number of thiazole rings is 1. The third-order valence-corrected chi connectivity index (χ3v) is 3.74. The molecule has 1 amide bonds. The summed E-state index contributed by atoms with van der Waals surface area (Å²) < 4.78 is 0. The summed E-state index contributed by atoms with van der Waals surface area (Å²) in [6.45, 7) is 0.840. The number of aromatic nitrogens is 1. The molecule has 1 aliphatic rings. The smallest absolute Gasteiger partial charge is 0.355 e. The van der Waals surface area contributed by atoms with E-state index in [1.165, 1.54) is 16.7 Å². The second-order valence-electron chi connectivity index (χ2n) is 4.32. The molecule has 4 N–H and O–H groups in total. The highest BCUT2D eigenvalue weighted by Crippen LogP contribution is 2.10. The number of carbonyl (C=O) groups is 2. The quantitative estimate of drug-likeness (QED) is 0.565. The number of amides is 1. The molecule has 104 valence electrons. The van der Waals surface area contributed by atoms with E-state index in [1.54, 1.807) is 0 Å². The third kappa shape index (κ3) is 3.72. The van der Waals surface area contributed by atoms with Gasteiger partial charge in [-0.3, -0.25) is 4.79 Å². The van der Waals surface area contributed by atoms with Gasteiger partial charge in [0.05, 0.1) is 17.2 Å². The summed E-state index contributed by atoms with van der Waals surface area (Å²) in [5.74, 6) is -1.19. The fraction of sp³-hybridized carbons (Fsp3) is 0.545. The Kier molecular flexibility index (Phi) is 4.46. The van der Waals surface area contributed by atoms with Gasteiger partial charge < -0.3 is 20.8 Å². The molecule has 2 atom stereocenters. The van der Waals surface area contributed by atoms with Gasteiger partial charge in [-0.2, -0.15) is 0 Å². The van der Waals surface area contributed by atoms with Crippen molar-refractivity contribution in [1.82, 2.24) is 15.6 Å². The van der Waals surface area contributed by atoms with E-state index >= 15 is 0 Å². The molecule has 2 rings (SSSR count). The van der Waals surface area contributed by atoms with Crippen LogP contribution in [-0.4, -0.2) is 52.3 Å². The number of hydrogen-bond acceptors (Lipinski definition) is 6. The predicted molar refractivity (Wildman–Crippen MR) is 68.2 cm³/mol. The molecule has 0 saturated carbocycles. The lowest BCUT2D eigenvalue weighted by Gasteiger charge is -2.10. The fourth-order valence-electron chi connectivity index (χ4n) is 1.86. The maximum Gasteiger partial charge on any atom is 0.355 e. The first-order valence-electron chi connectivity index (χ1n) is 5.93. The first-order chi connectivity index (χ1) is 9.06. The minimum absolute atomic E-state index is 0.0342. The summed E-state index contributed by atoms with van der Waals surface area (Å²) in [5.41, 5.74) is 0.0342. The van der Waals surface area contributed by atoms with E-state index in [4.69, 9.17) is 5.11 Å². The zero-order chi connectivity index (χ0) is 13.8. The third-order valence-electron chi connectivity index (χ3n) is 2.83. The van der Waals surface area contributed by atoms with E-state index in [9.17, 15) is 14.7 Å². The second-order valence-corrected chi connectivity index (χ2v) is 5.27. The number of β-amino-alcohol motifs (C(OH)–C–C–N with tert-alkyl or cyclic N) is 1. The number of rotatable bonds is 5. The van der Waals surface area contributed by atoms with E-state index in [2.05, 4.69) is 15.6 Å². The van der Waals surface area contributed by atoms with Gasteiger partial charge in [-0.1, -0.05) is 0 Å². The number of hydrogen-bond donors (Lipinski definition) is 4. The van der Waals surface area contributed by atoms with Crippen molar-refractivity contribution in [1.29, 1.82) is 0 Å². The van der Waals surface area contributed by atoms with Crippen LogP contribution in [0.1, 0.15) is 21.9 Å². The zero-order valence-corrected chi connectivity index (χ0v) is 10.9. The molecule has 1 aromatic rings. The molecule has 2 heterocycles. The van der Waals surface area contributed by atoms with Crippen LogP contribution < -0.4 is 10.6 Å². The molecule has 2 unspecified atom stereocenters. The Morgan fingerprint density at radius 2 is 2.37 bits per heavy atom. The van der Waals surface area contributed by atoms with Gasteiger partial charge in [0.15, 0.2) is 5.69 Å². The number of nitrogens with zero attached hydrogens (tertiary/aromatic N) is 1. The minimum Gasteiger partial charge on any atom is -0.476 e. The molecule has 0 aliphatic carbocycles. The van der Waals surface area contributed by atoms with Crippen molar-refractivity contribution in [3.63, 3.8) is 0 Å². The highest BCUT2D eigenvalue weighted by Gasteiger charge is 2.27. The SMILES string of the molecule is O=C(O)c1csc(CCNC(=O)C2CC(O)CN2)n1. The first kappa shape index (κ1) is 13.9. The molecule has 7 nitrogen and oxygen atoms in total. The molecule has 0 bridgehead atoms. The predicted octanol–water partition coefficient (Wildman–Crippen LogP) is -0.777. The number of carboxylic acids is 1. The number of aliphatic hydroxyl groups is 1. The number of carbonyl (C=O) groups excluding carboxylic acids is 1. The topological polar surface area (TPSA) is 112 Å². The lowest BCUT2D eigenvalue weighted by atomic mass is 10.2. The molecule has 0 radical (unpaired) electrons. The molecule has 1 saturated heterocycles. The summed E-state index contributed by atoms with van der Waals surface area (Å²) >= 11 is 1.26. The van der Waals surface area contributed by atoms with Crippen molar-refractivity contribution in [2.45, 2.75) is 25.0 Å². The van der Waals surface area contributed by atoms with Crippen LogP contribution in [0.15, 0.2) is 5.38 Å². The van der Waals surface area contributed by atoms with E-state index in [-0.39, 0.29) is 17.6 Å². The number of nitrogens with one attached hydrogen (secondary N) is 2. The van der Waals surface area contributed by atoms with E-state index in [0.29, 0.717) is 30.9 Å². The molecule has 0 spiro atoms. The summed E-state index contributed by atoms with van der Waals surface area (Å²) in [6, 6.07) is -0.346. The van der Waals surface area contributed by atoms with E-state index < -0.39 is 12.1 Å². The Balaban J connectivity index is 1.73. The van der Waals surface area contributed by atoms with Crippen LogP contribution >= 0.6 is 11.3 Å². The van der Waals surface area contributed by atoms with Crippen LogP contribution in [0.4, 0.5) is 0 Å². The largest absolute Gasteiger partial charge is 0.476 e. The van der Waals surface area contributed by atoms with Crippen LogP contribution in [-0.2, 0) is 11.2 Å². The zero-order valence-electron chi connectivity index (χ0n) is 10.1. The summed E-state index contributed by atoms with van der Waals surface area (Å²) in [4.78, 5) is 26.3. The normalized spacial score (nSPS) is 22.4. The van der Waals surface area contributed by atoms with Crippen LogP contribution in [0.25, 0.3) is 0 Å². The number of aromatic carboxylic acids is 1.